The second-order valence-electron chi connectivity index (χ2n) is 7.03. The first-order valence-corrected chi connectivity index (χ1v) is 9.47. The summed E-state index contributed by atoms with van der Waals surface area (Å²) in [5.41, 5.74) is 4.13. The van der Waals surface area contributed by atoms with Gasteiger partial charge in [-0.05, 0) is 44.4 Å². The Kier molecular flexibility index (Phi) is 7.98. The molecule has 28 heavy (non-hydrogen) atoms. The summed E-state index contributed by atoms with van der Waals surface area (Å²) in [5, 5.41) is 9.33. The maximum Gasteiger partial charge on any atom is 0.329 e. The Morgan fingerprint density at radius 3 is 2.54 bits per heavy atom. The molecule has 0 atom stereocenters. The lowest BCUT2D eigenvalue weighted by Gasteiger charge is -2.22. The van der Waals surface area contributed by atoms with Crippen LogP contribution < -0.4 is 20.8 Å². The molecule has 1 aliphatic rings. The molecule has 8 heteroatoms. The number of hydrogen-bond donors (Lipinski definition) is 3. The third-order valence-corrected chi connectivity index (χ3v) is 4.54. The van der Waals surface area contributed by atoms with Gasteiger partial charge in [0.05, 0.1) is 19.2 Å². The molecule has 1 fully saturated rings. The molecular formula is C20H28N4O4. The van der Waals surface area contributed by atoms with E-state index in [2.05, 4.69) is 21.2 Å². The molecule has 0 saturated heterocycles. The number of hydrazone groups is 1. The van der Waals surface area contributed by atoms with E-state index >= 15 is 0 Å². The van der Waals surface area contributed by atoms with E-state index in [1.165, 1.54) is 13.5 Å². The van der Waals surface area contributed by atoms with E-state index in [0.717, 1.165) is 31.2 Å². The van der Waals surface area contributed by atoms with Gasteiger partial charge >= 0.3 is 11.8 Å². The van der Waals surface area contributed by atoms with Gasteiger partial charge in [0.1, 0.15) is 5.75 Å². The van der Waals surface area contributed by atoms with E-state index in [9.17, 15) is 14.4 Å². The fourth-order valence-electron chi connectivity index (χ4n) is 3.08. The molecule has 0 aliphatic heterocycles. The Morgan fingerprint density at radius 1 is 1.14 bits per heavy atom. The van der Waals surface area contributed by atoms with E-state index in [4.69, 9.17) is 4.74 Å². The topological polar surface area (TPSA) is 109 Å². The number of carbonyl (C=O) groups excluding carboxylic acids is 3. The lowest BCUT2D eigenvalue weighted by Crippen LogP contribution is -2.44. The average Bonchev–Trinajstić information content (AvgIpc) is 2.67. The Hall–Kier alpha value is -2.90. The van der Waals surface area contributed by atoms with Crippen molar-refractivity contribution in [3.63, 3.8) is 0 Å². The lowest BCUT2D eigenvalue weighted by molar-refractivity contribution is -0.139. The summed E-state index contributed by atoms with van der Waals surface area (Å²) in [4.78, 5) is 36.0. The summed E-state index contributed by atoms with van der Waals surface area (Å²) in [6.45, 7) is 3.52. The van der Waals surface area contributed by atoms with Crippen LogP contribution in [0.15, 0.2) is 23.3 Å². The molecule has 8 nitrogen and oxygen atoms in total. The van der Waals surface area contributed by atoms with Crippen LogP contribution >= 0.6 is 0 Å². The third kappa shape index (κ3) is 6.68. The molecule has 3 amide bonds. The standard InChI is InChI=1S/C20H28N4O4/c1-13-9-10-17(28-3)16(11-13)22-18(25)12-14(2)23-24-20(27)19(26)21-15-7-5-4-6-8-15/h9-11,15H,4-8,12H2,1-3H3,(H,21,26)(H,22,25)(H,24,27)/b23-14+. The van der Waals surface area contributed by atoms with Crippen LogP contribution in [0.5, 0.6) is 5.75 Å². The molecule has 2 rings (SSSR count). The van der Waals surface area contributed by atoms with Crippen LogP contribution in [0.1, 0.15) is 51.0 Å². The fourth-order valence-corrected chi connectivity index (χ4v) is 3.08. The quantitative estimate of drug-likeness (QED) is 0.394. The largest absolute Gasteiger partial charge is 0.495 e. The van der Waals surface area contributed by atoms with Crippen molar-refractivity contribution in [2.45, 2.75) is 58.4 Å². The maximum atomic E-state index is 12.2. The molecule has 1 saturated carbocycles. The zero-order valence-corrected chi connectivity index (χ0v) is 16.6. The van der Waals surface area contributed by atoms with Crippen LogP contribution in [0.3, 0.4) is 0 Å². The SMILES string of the molecule is COc1ccc(C)cc1NC(=O)C/C(C)=N/NC(=O)C(=O)NC1CCCCC1. The molecular weight excluding hydrogens is 360 g/mol. The molecule has 3 N–H and O–H groups in total. The molecule has 1 aliphatic carbocycles. The number of nitrogens with one attached hydrogen (secondary N) is 3. The van der Waals surface area contributed by atoms with Crippen LogP contribution in [-0.2, 0) is 14.4 Å². The molecule has 1 aromatic rings. The second kappa shape index (κ2) is 10.4. The van der Waals surface area contributed by atoms with Gasteiger partial charge in [-0.3, -0.25) is 14.4 Å². The summed E-state index contributed by atoms with van der Waals surface area (Å²) in [7, 11) is 1.53. The van der Waals surface area contributed by atoms with Crippen molar-refractivity contribution in [2.75, 3.05) is 12.4 Å². The van der Waals surface area contributed by atoms with Crippen LogP contribution in [0.2, 0.25) is 0 Å². The Balaban J connectivity index is 1.82. The monoisotopic (exact) mass is 388 g/mol. The van der Waals surface area contributed by atoms with Crippen molar-refractivity contribution in [3.05, 3.63) is 23.8 Å². The number of aryl methyl sites for hydroxylation is 1. The van der Waals surface area contributed by atoms with E-state index in [-0.39, 0.29) is 18.4 Å². The van der Waals surface area contributed by atoms with Gasteiger partial charge in [0.15, 0.2) is 0 Å². The molecule has 1 aromatic carbocycles. The number of methoxy groups -OCH3 is 1. The number of amides is 3. The predicted molar refractivity (Wildman–Crippen MR) is 107 cm³/mol. The minimum Gasteiger partial charge on any atom is -0.495 e. The summed E-state index contributed by atoms with van der Waals surface area (Å²) in [5.74, 6) is -1.27. The Labute approximate surface area is 165 Å². The van der Waals surface area contributed by atoms with Crippen molar-refractivity contribution >= 4 is 29.1 Å². The minimum atomic E-state index is -0.828. The highest BCUT2D eigenvalue weighted by molar-refractivity contribution is 6.35. The maximum absolute atomic E-state index is 12.2. The van der Waals surface area contributed by atoms with Crippen molar-refractivity contribution in [2.24, 2.45) is 5.10 Å². The molecule has 0 radical (unpaired) electrons. The number of nitrogens with zero attached hydrogens (tertiary/aromatic N) is 1. The van der Waals surface area contributed by atoms with Gasteiger partial charge in [-0.15, -0.1) is 0 Å². The van der Waals surface area contributed by atoms with E-state index in [0.29, 0.717) is 17.1 Å². The molecule has 0 heterocycles. The summed E-state index contributed by atoms with van der Waals surface area (Å²) < 4.78 is 5.23. The van der Waals surface area contributed by atoms with Crippen LogP contribution in [0, 0.1) is 6.92 Å². The normalized spacial score (nSPS) is 14.9. The number of carbonyl (C=O) groups is 3. The van der Waals surface area contributed by atoms with E-state index < -0.39 is 11.8 Å². The molecule has 0 spiro atoms. The van der Waals surface area contributed by atoms with Gasteiger partial charge in [0.25, 0.3) is 0 Å². The molecule has 0 unspecified atom stereocenters. The van der Waals surface area contributed by atoms with Gasteiger partial charge in [-0.2, -0.15) is 5.10 Å². The summed E-state index contributed by atoms with van der Waals surface area (Å²) >= 11 is 0. The second-order valence-corrected chi connectivity index (χ2v) is 7.03. The van der Waals surface area contributed by atoms with Crippen molar-refractivity contribution in [1.82, 2.24) is 10.7 Å². The van der Waals surface area contributed by atoms with Gasteiger partial charge in [0, 0.05) is 11.8 Å². The molecule has 0 aromatic heterocycles. The number of hydrogen-bond acceptors (Lipinski definition) is 5. The number of rotatable bonds is 6. The highest BCUT2D eigenvalue weighted by Gasteiger charge is 2.20. The van der Waals surface area contributed by atoms with Gasteiger partial charge in [-0.25, -0.2) is 5.43 Å². The van der Waals surface area contributed by atoms with E-state index in [1.807, 2.05) is 13.0 Å². The van der Waals surface area contributed by atoms with Crippen LogP contribution in [-0.4, -0.2) is 36.6 Å². The fraction of sp³-hybridized carbons (Fsp3) is 0.500. The van der Waals surface area contributed by atoms with E-state index in [1.54, 1.807) is 19.1 Å². The van der Waals surface area contributed by atoms with Crippen molar-refractivity contribution in [3.8, 4) is 5.75 Å². The number of benzene rings is 1. The predicted octanol–water partition coefficient (Wildman–Crippen LogP) is 2.27. The first-order chi connectivity index (χ1) is 13.4. The number of ether oxygens (including phenoxy) is 1. The number of anilines is 1. The highest BCUT2D eigenvalue weighted by Crippen LogP contribution is 2.25. The van der Waals surface area contributed by atoms with Gasteiger partial charge in [-0.1, -0.05) is 25.3 Å². The first-order valence-electron chi connectivity index (χ1n) is 9.47. The lowest BCUT2D eigenvalue weighted by atomic mass is 9.95. The summed E-state index contributed by atoms with van der Waals surface area (Å²) in [6.07, 6.45) is 5.04. The molecule has 0 bridgehead atoms. The highest BCUT2D eigenvalue weighted by atomic mass is 16.5. The smallest absolute Gasteiger partial charge is 0.329 e. The van der Waals surface area contributed by atoms with Crippen LogP contribution in [0.25, 0.3) is 0 Å². The van der Waals surface area contributed by atoms with Crippen LogP contribution in [0.4, 0.5) is 5.69 Å². The Morgan fingerprint density at radius 2 is 1.86 bits per heavy atom. The van der Waals surface area contributed by atoms with Gasteiger partial charge < -0.3 is 15.4 Å². The zero-order valence-electron chi connectivity index (χ0n) is 16.6. The zero-order chi connectivity index (χ0) is 20.5. The average molecular weight is 388 g/mol. The summed E-state index contributed by atoms with van der Waals surface area (Å²) in [6, 6.07) is 5.51. The minimum absolute atomic E-state index is 0.0262. The third-order valence-electron chi connectivity index (χ3n) is 4.54. The molecule has 152 valence electrons. The first kappa shape index (κ1) is 21.4. The van der Waals surface area contributed by atoms with Crippen molar-refractivity contribution in [1.29, 1.82) is 0 Å². The van der Waals surface area contributed by atoms with Gasteiger partial charge in [0.2, 0.25) is 5.91 Å². The van der Waals surface area contributed by atoms with Crippen molar-refractivity contribution < 1.29 is 19.1 Å². The Bertz CT molecular complexity index is 755.